The Hall–Kier alpha value is -2.41. The number of rotatable bonds is 2. The van der Waals surface area contributed by atoms with Gasteiger partial charge in [0, 0.05) is 5.56 Å². The van der Waals surface area contributed by atoms with Crippen LogP contribution >= 0.6 is 0 Å². The zero-order valence-corrected chi connectivity index (χ0v) is 10.5. The van der Waals surface area contributed by atoms with E-state index in [0.29, 0.717) is 0 Å². The molecule has 0 radical (unpaired) electrons. The molecule has 0 saturated heterocycles. The summed E-state index contributed by atoms with van der Waals surface area (Å²) in [4.78, 5) is 0. The number of benzene rings is 3. The lowest BCUT2D eigenvalue weighted by atomic mass is 9.96. The van der Waals surface area contributed by atoms with Crippen LogP contribution in [0.5, 0.6) is 0 Å². The minimum atomic E-state index is -0.829. The molecule has 3 rings (SSSR count). The van der Waals surface area contributed by atoms with E-state index in [-0.39, 0.29) is 27.8 Å². The highest BCUT2D eigenvalue weighted by atomic mass is 19.1. The average molecular weight is 272 g/mol. The average Bonchev–Trinajstić information content (AvgIpc) is 2.71. The van der Waals surface area contributed by atoms with Crippen molar-refractivity contribution in [1.82, 2.24) is 0 Å². The molecule has 0 saturated carbocycles. The fourth-order valence-corrected chi connectivity index (χ4v) is 1.87. The van der Waals surface area contributed by atoms with E-state index in [2.05, 4.69) is 0 Å². The van der Waals surface area contributed by atoms with E-state index < -0.39 is 66.2 Å². The van der Waals surface area contributed by atoms with Gasteiger partial charge in [-0.05, 0) is 41.3 Å². The molecule has 0 aliphatic carbocycles. The number of halogens is 1. The second-order valence-electron chi connectivity index (χ2n) is 4.15. The normalized spacial score (nSPS) is 17.5. The fourth-order valence-electron chi connectivity index (χ4n) is 1.87. The second kappa shape index (κ2) is 5.30. The Morgan fingerprint density at radius 2 is 1.30 bits per heavy atom. The summed E-state index contributed by atoms with van der Waals surface area (Å²) in [6, 6.07) is -3.30. The van der Waals surface area contributed by atoms with Crippen LogP contribution in [0.2, 0.25) is 0 Å². The van der Waals surface area contributed by atoms with Crippen molar-refractivity contribution in [3.8, 4) is 22.3 Å². The van der Waals surface area contributed by atoms with Gasteiger partial charge in [-0.1, -0.05) is 60.4 Å². The van der Waals surface area contributed by atoms with E-state index in [1.54, 1.807) is 0 Å². The third-order valence-corrected chi connectivity index (χ3v) is 2.81. The van der Waals surface area contributed by atoms with E-state index in [9.17, 15) is 4.39 Å². The summed E-state index contributed by atoms with van der Waals surface area (Å²) in [5.74, 6) is -0.829. The van der Waals surface area contributed by atoms with Crippen LogP contribution in [0, 0.1) is 12.7 Å². The Balaban J connectivity index is 2.44. The molecule has 0 N–H and O–H groups in total. The quantitative estimate of drug-likeness (QED) is 0.580. The highest BCUT2D eigenvalue weighted by Gasteiger charge is 2.10. The first-order valence-electron chi connectivity index (χ1n) is 10.8. The van der Waals surface area contributed by atoms with Gasteiger partial charge in [-0.25, -0.2) is 4.39 Å². The largest absolute Gasteiger partial charge is 0.206 e. The highest BCUT2D eigenvalue weighted by molar-refractivity contribution is 5.74. The van der Waals surface area contributed by atoms with Crippen molar-refractivity contribution in [2.45, 2.75) is 6.92 Å². The molecule has 98 valence electrons. The molecule has 0 aromatic heterocycles. The van der Waals surface area contributed by atoms with Crippen LogP contribution in [-0.4, -0.2) is 0 Å². The predicted octanol–water partition coefficient (Wildman–Crippen LogP) is 5.47. The number of hydrogen-bond acceptors (Lipinski definition) is 0. The van der Waals surface area contributed by atoms with Crippen molar-refractivity contribution >= 4 is 0 Å². The summed E-state index contributed by atoms with van der Waals surface area (Å²) in [6.45, 7) is 1.38. The molecule has 0 unspecified atom stereocenters. The van der Waals surface area contributed by atoms with Gasteiger partial charge in [-0.15, -0.1) is 0 Å². The van der Waals surface area contributed by atoms with Gasteiger partial charge in [0.1, 0.15) is 5.82 Å². The molecular formula is C19H15F. The summed E-state index contributed by atoms with van der Waals surface area (Å²) >= 11 is 0. The van der Waals surface area contributed by atoms with Crippen LogP contribution in [0.1, 0.15) is 19.3 Å². The molecule has 3 aromatic rings. The first-order chi connectivity index (χ1) is 13.9. The maximum atomic E-state index is 15.0. The van der Waals surface area contributed by atoms with Gasteiger partial charge in [0.05, 0.1) is 13.7 Å². The van der Waals surface area contributed by atoms with Crippen LogP contribution in [0.4, 0.5) is 4.39 Å². The highest BCUT2D eigenvalue weighted by Crippen LogP contribution is 2.30. The molecule has 0 spiro atoms. The summed E-state index contributed by atoms with van der Waals surface area (Å²) in [5, 5.41) is 0. The van der Waals surface area contributed by atoms with Crippen molar-refractivity contribution in [3.63, 3.8) is 0 Å². The molecule has 0 nitrogen and oxygen atoms in total. The molecule has 0 fully saturated rings. The Morgan fingerprint density at radius 1 is 0.750 bits per heavy atom. The fraction of sp³-hybridized carbons (Fsp3) is 0.0526. The molecule has 0 amide bonds. The van der Waals surface area contributed by atoms with E-state index in [0.717, 1.165) is 6.07 Å². The molecule has 1 heteroatoms. The van der Waals surface area contributed by atoms with Gasteiger partial charge in [-0.3, -0.25) is 0 Å². The maximum Gasteiger partial charge on any atom is 0.133 e. The van der Waals surface area contributed by atoms with Gasteiger partial charge in [0.2, 0.25) is 0 Å². The van der Waals surface area contributed by atoms with E-state index in [1.807, 2.05) is 0 Å². The van der Waals surface area contributed by atoms with Crippen LogP contribution in [0.25, 0.3) is 22.3 Å². The Bertz CT molecular complexity index is 1160. The molecule has 3 aromatic carbocycles. The predicted molar refractivity (Wildman–Crippen MR) is 82.0 cm³/mol. The zero-order valence-electron chi connectivity index (χ0n) is 20.5. The minimum Gasteiger partial charge on any atom is -0.206 e. The smallest absolute Gasteiger partial charge is 0.133 e. The summed E-state index contributed by atoms with van der Waals surface area (Å²) in [7, 11) is 0. The molecule has 0 aliphatic heterocycles. The third-order valence-electron chi connectivity index (χ3n) is 2.81. The van der Waals surface area contributed by atoms with Gasteiger partial charge in [0.25, 0.3) is 0 Å². The van der Waals surface area contributed by atoms with Gasteiger partial charge in [0.15, 0.2) is 0 Å². The van der Waals surface area contributed by atoms with E-state index >= 15 is 0 Å². The molecule has 0 aliphatic rings. The summed E-state index contributed by atoms with van der Waals surface area (Å²) in [5.41, 5.74) is -0.740. The summed E-state index contributed by atoms with van der Waals surface area (Å²) < 4.78 is 94.2. The van der Waals surface area contributed by atoms with Crippen LogP contribution in [-0.2, 0) is 0 Å². The van der Waals surface area contributed by atoms with Gasteiger partial charge in [-0.2, -0.15) is 0 Å². The zero-order chi connectivity index (χ0) is 22.7. The van der Waals surface area contributed by atoms with Crippen molar-refractivity contribution in [3.05, 3.63) is 83.9 Å². The van der Waals surface area contributed by atoms with Crippen LogP contribution in [0.15, 0.2) is 72.6 Å². The topological polar surface area (TPSA) is 0 Å². The standard InChI is InChI=1S/C19H15F/c1-14-12-17(15-8-4-2-5-9-15)13-18(19(14)20)16-10-6-3-7-11-16/h2-13H,1H3/i2D,3D,4D,5D,6D,7D,8D,9D,10D,11D. The first kappa shape index (κ1) is 5.53. The van der Waals surface area contributed by atoms with Gasteiger partial charge < -0.3 is 0 Å². The maximum absolute atomic E-state index is 15.0. The Kier molecular flexibility index (Phi) is 1.46. The third kappa shape index (κ3) is 2.35. The molecule has 20 heavy (non-hydrogen) atoms. The second-order valence-corrected chi connectivity index (χ2v) is 4.15. The Morgan fingerprint density at radius 3 is 1.90 bits per heavy atom. The van der Waals surface area contributed by atoms with Crippen LogP contribution in [0.3, 0.4) is 0 Å². The molecular weight excluding hydrogens is 247 g/mol. The van der Waals surface area contributed by atoms with E-state index in [1.165, 1.54) is 13.0 Å². The molecule has 0 bridgehead atoms. The van der Waals surface area contributed by atoms with E-state index in [4.69, 9.17) is 13.7 Å². The van der Waals surface area contributed by atoms with Crippen molar-refractivity contribution < 1.29 is 18.1 Å². The molecule has 0 atom stereocenters. The number of hydrogen-bond donors (Lipinski definition) is 0. The first-order valence-corrected chi connectivity index (χ1v) is 5.84. The molecule has 0 heterocycles. The monoisotopic (exact) mass is 272 g/mol. The van der Waals surface area contributed by atoms with Crippen LogP contribution < -0.4 is 0 Å². The summed E-state index contributed by atoms with van der Waals surface area (Å²) in [6.07, 6.45) is 0. The van der Waals surface area contributed by atoms with Crippen molar-refractivity contribution in [1.29, 1.82) is 0 Å². The SMILES string of the molecule is [2H]c1c([2H])c([2H])c(-c2cc(C)c(F)c(-c3c([2H])c([2H])c([2H])c([2H])c3[2H])c2)c([2H])c1[2H]. The Labute approximate surface area is 132 Å². The lowest BCUT2D eigenvalue weighted by Crippen LogP contribution is -1.91. The van der Waals surface area contributed by atoms with Crippen molar-refractivity contribution in [2.24, 2.45) is 0 Å². The minimum absolute atomic E-state index is 0.0288. The number of aryl methyl sites for hydroxylation is 1. The van der Waals surface area contributed by atoms with Crippen molar-refractivity contribution in [2.75, 3.05) is 0 Å². The lowest BCUT2D eigenvalue weighted by molar-refractivity contribution is 0.622. The lowest BCUT2D eigenvalue weighted by Gasteiger charge is -2.10. The van der Waals surface area contributed by atoms with Gasteiger partial charge >= 0.3 is 0 Å².